The summed E-state index contributed by atoms with van der Waals surface area (Å²) in [7, 11) is 0. The fraction of sp³-hybridized carbons (Fsp3) is 0.0909. The minimum Gasteiger partial charge on any atom is -0.192 e. The highest BCUT2D eigenvalue weighted by Crippen LogP contribution is 2.33. The summed E-state index contributed by atoms with van der Waals surface area (Å²) in [6.45, 7) is 2.00. The molecule has 0 saturated carbocycles. The highest BCUT2D eigenvalue weighted by molar-refractivity contribution is 7.10. The fourth-order valence-corrected chi connectivity index (χ4v) is 2.50. The van der Waals surface area contributed by atoms with E-state index in [1.807, 2.05) is 31.2 Å². The van der Waals surface area contributed by atoms with Gasteiger partial charge < -0.3 is 0 Å². The molecule has 2 nitrogen and oxygen atoms in total. The van der Waals surface area contributed by atoms with Crippen molar-refractivity contribution in [2.45, 2.75) is 6.92 Å². The Morgan fingerprint density at radius 2 is 2.13 bits per heavy atom. The SMILES string of the molecule is Cc1ccccc1-c1snc(Cl)c1C#N. The average molecular weight is 235 g/mol. The van der Waals surface area contributed by atoms with Crippen molar-refractivity contribution in [3.05, 3.63) is 40.5 Å². The summed E-state index contributed by atoms with van der Waals surface area (Å²) in [6, 6.07) is 9.97. The largest absolute Gasteiger partial charge is 0.192 e. The number of benzene rings is 1. The lowest BCUT2D eigenvalue weighted by atomic mass is 10.1. The van der Waals surface area contributed by atoms with Crippen molar-refractivity contribution >= 4 is 23.1 Å². The monoisotopic (exact) mass is 234 g/mol. The fourth-order valence-electron chi connectivity index (χ4n) is 1.38. The van der Waals surface area contributed by atoms with Gasteiger partial charge in [-0.15, -0.1) is 0 Å². The molecule has 74 valence electrons. The van der Waals surface area contributed by atoms with E-state index in [4.69, 9.17) is 16.9 Å². The molecule has 0 aliphatic carbocycles. The highest BCUT2D eigenvalue weighted by Gasteiger charge is 2.14. The molecular formula is C11H7ClN2S. The molecule has 4 heteroatoms. The van der Waals surface area contributed by atoms with Gasteiger partial charge in [0.2, 0.25) is 0 Å². The van der Waals surface area contributed by atoms with Gasteiger partial charge in [-0.1, -0.05) is 35.9 Å². The summed E-state index contributed by atoms with van der Waals surface area (Å²) in [5.74, 6) is 0. The van der Waals surface area contributed by atoms with Crippen LogP contribution in [0.15, 0.2) is 24.3 Å². The van der Waals surface area contributed by atoms with Gasteiger partial charge in [0, 0.05) is 0 Å². The third-order valence-electron chi connectivity index (χ3n) is 2.15. The van der Waals surface area contributed by atoms with Crippen molar-refractivity contribution in [3.8, 4) is 16.5 Å². The van der Waals surface area contributed by atoms with E-state index in [-0.39, 0.29) is 0 Å². The Hall–Kier alpha value is -1.37. The van der Waals surface area contributed by atoms with Crippen LogP contribution in [0.3, 0.4) is 0 Å². The van der Waals surface area contributed by atoms with Gasteiger partial charge in [-0.2, -0.15) is 9.64 Å². The summed E-state index contributed by atoms with van der Waals surface area (Å²) in [5.41, 5.74) is 2.61. The number of nitrogens with zero attached hydrogens (tertiary/aromatic N) is 2. The zero-order valence-corrected chi connectivity index (χ0v) is 9.56. The first-order valence-corrected chi connectivity index (χ1v) is 5.50. The van der Waals surface area contributed by atoms with Gasteiger partial charge in [0.25, 0.3) is 0 Å². The molecule has 15 heavy (non-hydrogen) atoms. The van der Waals surface area contributed by atoms with Crippen molar-refractivity contribution in [1.29, 1.82) is 5.26 Å². The van der Waals surface area contributed by atoms with Gasteiger partial charge >= 0.3 is 0 Å². The van der Waals surface area contributed by atoms with Crippen LogP contribution < -0.4 is 0 Å². The third-order valence-corrected chi connectivity index (χ3v) is 3.41. The van der Waals surface area contributed by atoms with Crippen molar-refractivity contribution in [2.24, 2.45) is 0 Å². The van der Waals surface area contributed by atoms with Crippen molar-refractivity contribution < 1.29 is 0 Å². The number of halogens is 1. The minimum absolute atomic E-state index is 0.292. The smallest absolute Gasteiger partial charge is 0.161 e. The number of nitriles is 1. The molecule has 0 spiro atoms. The van der Waals surface area contributed by atoms with Gasteiger partial charge in [0.15, 0.2) is 5.15 Å². The van der Waals surface area contributed by atoms with E-state index in [2.05, 4.69) is 10.4 Å². The summed E-state index contributed by atoms with van der Waals surface area (Å²) in [6.07, 6.45) is 0. The second kappa shape index (κ2) is 4.01. The Bertz CT molecular complexity index is 540. The molecule has 0 fully saturated rings. The second-order valence-electron chi connectivity index (χ2n) is 3.10. The van der Waals surface area contributed by atoms with Crippen LogP contribution in [0.4, 0.5) is 0 Å². The minimum atomic E-state index is 0.292. The lowest BCUT2D eigenvalue weighted by molar-refractivity contribution is 1.45. The van der Waals surface area contributed by atoms with Crippen molar-refractivity contribution in [2.75, 3.05) is 0 Å². The molecule has 0 radical (unpaired) electrons. The van der Waals surface area contributed by atoms with E-state index in [9.17, 15) is 0 Å². The van der Waals surface area contributed by atoms with E-state index in [0.29, 0.717) is 10.7 Å². The second-order valence-corrected chi connectivity index (χ2v) is 4.24. The van der Waals surface area contributed by atoms with Crippen LogP contribution >= 0.6 is 23.1 Å². The summed E-state index contributed by atoms with van der Waals surface area (Å²) < 4.78 is 3.99. The molecule has 0 amide bonds. The summed E-state index contributed by atoms with van der Waals surface area (Å²) >= 11 is 7.09. The van der Waals surface area contributed by atoms with Crippen LogP contribution in [-0.2, 0) is 0 Å². The summed E-state index contributed by atoms with van der Waals surface area (Å²) in [5, 5.41) is 9.26. The van der Waals surface area contributed by atoms with Crippen LogP contribution in [-0.4, -0.2) is 4.37 Å². The molecule has 0 N–H and O–H groups in total. The molecule has 0 bridgehead atoms. The van der Waals surface area contributed by atoms with E-state index in [1.165, 1.54) is 11.5 Å². The number of hydrogen-bond acceptors (Lipinski definition) is 3. The average Bonchev–Trinajstić information content (AvgIpc) is 2.60. The van der Waals surface area contributed by atoms with Crippen LogP contribution in [0.1, 0.15) is 11.1 Å². The van der Waals surface area contributed by atoms with Gasteiger partial charge in [0.1, 0.15) is 11.6 Å². The Balaban J connectivity index is 2.66. The van der Waals surface area contributed by atoms with Crippen LogP contribution in [0.25, 0.3) is 10.4 Å². The Kier molecular flexibility index (Phi) is 2.72. The number of aryl methyl sites for hydroxylation is 1. The van der Waals surface area contributed by atoms with Crippen LogP contribution in [0.2, 0.25) is 5.15 Å². The van der Waals surface area contributed by atoms with Gasteiger partial charge in [0.05, 0.1) is 4.88 Å². The zero-order chi connectivity index (χ0) is 10.8. The van der Waals surface area contributed by atoms with Crippen molar-refractivity contribution in [1.82, 2.24) is 4.37 Å². The number of hydrogen-bond donors (Lipinski definition) is 0. The summed E-state index contributed by atoms with van der Waals surface area (Å²) in [4.78, 5) is 0.848. The molecule has 0 aliphatic rings. The molecule has 1 aromatic heterocycles. The predicted molar refractivity (Wildman–Crippen MR) is 62.0 cm³/mol. The van der Waals surface area contributed by atoms with E-state index in [0.717, 1.165) is 16.0 Å². The topological polar surface area (TPSA) is 36.7 Å². The first-order chi connectivity index (χ1) is 7.24. The molecule has 1 aromatic carbocycles. The first-order valence-electron chi connectivity index (χ1n) is 4.35. The Morgan fingerprint density at radius 3 is 2.80 bits per heavy atom. The molecule has 0 unspecified atom stereocenters. The van der Waals surface area contributed by atoms with Crippen molar-refractivity contribution in [3.63, 3.8) is 0 Å². The maximum Gasteiger partial charge on any atom is 0.161 e. The van der Waals surface area contributed by atoms with E-state index < -0.39 is 0 Å². The normalized spacial score (nSPS) is 9.93. The molecule has 2 aromatic rings. The molecular weight excluding hydrogens is 228 g/mol. The quantitative estimate of drug-likeness (QED) is 0.755. The lowest BCUT2D eigenvalue weighted by Gasteiger charge is -2.01. The molecule has 0 atom stereocenters. The Labute approximate surface area is 96.9 Å². The Morgan fingerprint density at radius 1 is 1.40 bits per heavy atom. The van der Waals surface area contributed by atoms with Crippen LogP contribution in [0, 0.1) is 18.3 Å². The number of rotatable bonds is 1. The standard InChI is InChI=1S/C11H7ClN2S/c1-7-4-2-3-5-8(7)10-9(6-13)11(12)14-15-10/h2-5H,1H3. The van der Waals surface area contributed by atoms with E-state index in [1.54, 1.807) is 0 Å². The number of aromatic nitrogens is 1. The molecule has 2 rings (SSSR count). The zero-order valence-electron chi connectivity index (χ0n) is 7.99. The molecule has 0 saturated heterocycles. The van der Waals surface area contributed by atoms with Gasteiger partial charge in [-0.05, 0) is 29.6 Å². The molecule has 1 heterocycles. The lowest BCUT2D eigenvalue weighted by Crippen LogP contribution is -1.82. The predicted octanol–water partition coefficient (Wildman–Crippen LogP) is 3.64. The third kappa shape index (κ3) is 1.74. The maximum atomic E-state index is 8.97. The first kappa shape index (κ1) is 10.2. The molecule has 0 aliphatic heterocycles. The maximum absolute atomic E-state index is 8.97. The highest BCUT2D eigenvalue weighted by atomic mass is 35.5. The van der Waals surface area contributed by atoms with E-state index >= 15 is 0 Å². The van der Waals surface area contributed by atoms with Gasteiger partial charge in [-0.25, -0.2) is 0 Å². The van der Waals surface area contributed by atoms with Crippen LogP contribution in [0.5, 0.6) is 0 Å². The van der Waals surface area contributed by atoms with Gasteiger partial charge in [-0.3, -0.25) is 0 Å².